The molecule has 4 aromatic rings. The van der Waals surface area contributed by atoms with E-state index < -0.39 is 0 Å². The van der Waals surface area contributed by atoms with Gasteiger partial charge in [0.2, 0.25) is 10.1 Å². The molecule has 0 radical (unpaired) electrons. The van der Waals surface area contributed by atoms with E-state index in [9.17, 15) is 4.79 Å². The number of nitrogens with one attached hydrogen (secondary N) is 1. The van der Waals surface area contributed by atoms with E-state index in [1.807, 2.05) is 19.2 Å². The van der Waals surface area contributed by atoms with E-state index in [0.29, 0.717) is 38.6 Å². The summed E-state index contributed by atoms with van der Waals surface area (Å²) in [4.78, 5) is 27.0. The van der Waals surface area contributed by atoms with Gasteiger partial charge in [0.1, 0.15) is 10.9 Å². The van der Waals surface area contributed by atoms with Crippen molar-refractivity contribution >= 4 is 38.9 Å². The Labute approximate surface area is 193 Å². The molecule has 4 aromatic heterocycles. The average Bonchev–Trinajstić information content (AvgIpc) is 3.50. The summed E-state index contributed by atoms with van der Waals surface area (Å²) in [5.41, 5.74) is 3.56. The number of imidazole rings is 1. The highest BCUT2D eigenvalue weighted by Gasteiger charge is 2.22. The van der Waals surface area contributed by atoms with Gasteiger partial charge in [-0.2, -0.15) is 0 Å². The number of ether oxygens (including phenoxy) is 1. The number of amides is 1. The molecule has 5 rings (SSSR count). The monoisotopic (exact) mass is 468 g/mol. The molecule has 1 amide bonds. The largest absolute Gasteiger partial charge is 0.494 e. The van der Waals surface area contributed by atoms with Gasteiger partial charge in [-0.05, 0) is 31.9 Å². The maximum atomic E-state index is 13.2. The number of hydrogen-bond donors (Lipinski definition) is 1. The van der Waals surface area contributed by atoms with Crippen molar-refractivity contribution in [3.05, 3.63) is 52.8 Å². The Morgan fingerprint density at radius 1 is 1.22 bits per heavy atom. The third-order valence-corrected chi connectivity index (χ3v) is 6.73. The summed E-state index contributed by atoms with van der Waals surface area (Å²) in [5.74, 6) is 0.710. The van der Waals surface area contributed by atoms with Crippen LogP contribution < -0.4 is 10.1 Å². The summed E-state index contributed by atoms with van der Waals surface area (Å²) in [5, 5.41) is 8.17. The van der Waals surface area contributed by atoms with Crippen LogP contribution in [0, 0.1) is 6.92 Å². The van der Waals surface area contributed by atoms with Crippen LogP contribution in [0.1, 0.15) is 53.3 Å². The van der Waals surface area contributed by atoms with Crippen molar-refractivity contribution in [3.8, 4) is 16.9 Å². The van der Waals surface area contributed by atoms with E-state index in [4.69, 9.17) is 21.3 Å². The van der Waals surface area contributed by atoms with E-state index in [2.05, 4.69) is 20.4 Å². The second-order valence-electron chi connectivity index (χ2n) is 7.81. The fourth-order valence-corrected chi connectivity index (χ4v) is 5.05. The predicted molar refractivity (Wildman–Crippen MR) is 124 cm³/mol. The zero-order valence-corrected chi connectivity index (χ0v) is 19.2. The van der Waals surface area contributed by atoms with Crippen LogP contribution in [0.4, 0.5) is 5.13 Å². The van der Waals surface area contributed by atoms with Gasteiger partial charge in [-0.15, -0.1) is 5.10 Å². The minimum Gasteiger partial charge on any atom is -0.494 e. The lowest BCUT2D eigenvalue weighted by atomic mass is 10.0. The molecule has 32 heavy (non-hydrogen) atoms. The van der Waals surface area contributed by atoms with Gasteiger partial charge in [0.05, 0.1) is 30.8 Å². The van der Waals surface area contributed by atoms with Gasteiger partial charge in [-0.3, -0.25) is 15.1 Å². The number of carbonyl (C=O) groups is 1. The molecule has 1 aliphatic carbocycles. The van der Waals surface area contributed by atoms with Gasteiger partial charge in [0, 0.05) is 28.9 Å². The maximum Gasteiger partial charge on any atom is 0.259 e. The molecule has 1 aliphatic rings. The van der Waals surface area contributed by atoms with Crippen LogP contribution in [-0.2, 0) is 0 Å². The summed E-state index contributed by atoms with van der Waals surface area (Å²) in [6.45, 7) is 1.86. The molecule has 164 valence electrons. The third-order valence-electron chi connectivity index (χ3n) is 5.69. The Morgan fingerprint density at radius 3 is 2.78 bits per heavy atom. The summed E-state index contributed by atoms with van der Waals surface area (Å²) >= 11 is 7.46. The number of anilines is 1. The van der Waals surface area contributed by atoms with Crippen LogP contribution in [-0.4, -0.2) is 37.6 Å². The number of aryl methyl sites for hydroxylation is 1. The van der Waals surface area contributed by atoms with Gasteiger partial charge in [-0.1, -0.05) is 35.8 Å². The summed E-state index contributed by atoms with van der Waals surface area (Å²) in [6, 6.07) is 3.50. The van der Waals surface area contributed by atoms with E-state index in [-0.39, 0.29) is 5.91 Å². The smallest absolute Gasteiger partial charge is 0.259 e. The molecule has 0 unspecified atom stereocenters. The summed E-state index contributed by atoms with van der Waals surface area (Å²) in [7, 11) is 1.55. The van der Waals surface area contributed by atoms with Crippen molar-refractivity contribution in [2.24, 2.45) is 0 Å². The highest BCUT2D eigenvalue weighted by Crippen LogP contribution is 2.36. The molecule has 0 aromatic carbocycles. The Kier molecular flexibility index (Phi) is 5.52. The number of carbonyl (C=O) groups excluding carboxylic acids is 1. The van der Waals surface area contributed by atoms with Crippen LogP contribution in [0.2, 0.25) is 5.15 Å². The summed E-state index contributed by atoms with van der Waals surface area (Å²) < 4.78 is 7.18. The second kappa shape index (κ2) is 8.48. The Bertz CT molecular complexity index is 1280. The zero-order valence-electron chi connectivity index (χ0n) is 17.6. The number of pyridine rings is 2. The molecule has 0 spiro atoms. The highest BCUT2D eigenvalue weighted by molar-refractivity contribution is 7.20. The van der Waals surface area contributed by atoms with Crippen molar-refractivity contribution in [3.63, 3.8) is 0 Å². The first-order valence-electron chi connectivity index (χ1n) is 10.4. The lowest BCUT2D eigenvalue weighted by Crippen LogP contribution is -2.14. The molecule has 10 heteroatoms. The number of fused-ring (bicyclic) bond motifs is 1. The lowest BCUT2D eigenvalue weighted by Gasteiger charge is -2.13. The van der Waals surface area contributed by atoms with E-state index in [0.717, 1.165) is 16.3 Å². The second-order valence-corrected chi connectivity index (χ2v) is 9.16. The quantitative estimate of drug-likeness (QED) is 0.408. The first kappa shape index (κ1) is 20.8. The number of hydrogen-bond acceptors (Lipinski definition) is 7. The van der Waals surface area contributed by atoms with E-state index in [1.165, 1.54) is 43.2 Å². The molecule has 0 aliphatic heterocycles. The van der Waals surface area contributed by atoms with Crippen molar-refractivity contribution < 1.29 is 9.53 Å². The van der Waals surface area contributed by atoms with Crippen LogP contribution in [0.25, 0.3) is 16.1 Å². The van der Waals surface area contributed by atoms with Crippen LogP contribution in [0.15, 0.2) is 30.7 Å². The fourth-order valence-electron chi connectivity index (χ4n) is 4.10. The number of methoxy groups -OCH3 is 1. The predicted octanol–water partition coefficient (Wildman–Crippen LogP) is 5.13. The highest BCUT2D eigenvalue weighted by atomic mass is 35.5. The van der Waals surface area contributed by atoms with Crippen LogP contribution in [0.3, 0.4) is 0 Å². The van der Waals surface area contributed by atoms with E-state index >= 15 is 0 Å². The SMILES string of the molecule is COc1cnc(Cl)cc1-c1cc(C)ncc1C(=O)Nc1nn2cc(C3CCCC3)nc2s1. The molecular weight excluding hydrogens is 448 g/mol. The van der Waals surface area contributed by atoms with Crippen LogP contribution in [0.5, 0.6) is 5.75 Å². The Morgan fingerprint density at radius 2 is 2.03 bits per heavy atom. The minimum atomic E-state index is -0.324. The van der Waals surface area contributed by atoms with Crippen molar-refractivity contribution in [1.29, 1.82) is 0 Å². The van der Waals surface area contributed by atoms with Crippen molar-refractivity contribution in [2.75, 3.05) is 12.4 Å². The van der Waals surface area contributed by atoms with E-state index in [1.54, 1.807) is 23.9 Å². The Hall–Kier alpha value is -3.04. The molecular formula is C22H21ClN6O2S. The molecule has 0 saturated heterocycles. The van der Waals surface area contributed by atoms with Gasteiger partial charge in [0.25, 0.3) is 5.91 Å². The lowest BCUT2D eigenvalue weighted by molar-refractivity contribution is 0.102. The Balaban J connectivity index is 1.45. The molecule has 1 fully saturated rings. The van der Waals surface area contributed by atoms with Gasteiger partial charge in [-0.25, -0.2) is 14.5 Å². The van der Waals surface area contributed by atoms with Crippen LogP contribution >= 0.6 is 22.9 Å². The van der Waals surface area contributed by atoms with Crippen molar-refractivity contribution in [2.45, 2.75) is 38.5 Å². The number of nitrogens with zero attached hydrogens (tertiary/aromatic N) is 5. The zero-order chi connectivity index (χ0) is 22.2. The first-order valence-corrected chi connectivity index (χ1v) is 11.6. The molecule has 0 atom stereocenters. The van der Waals surface area contributed by atoms with Crippen molar-refractivity contribution in [1.82, 2.24) is 24.6 Å². The standard InChI is InChI=1S/C22H21ClN6O2S/c1-12-7-14(15-8-19(23)25-10-18(15)31-2)16(9-24-12)20(30)27-21-28-29-11-17(26-22(29)32-21)13-5-3-4-6-13/h7-11,13H,3-6H2,1-2H3,(H,27,28,30). The molecule has 4 heterocycles. The molecule has 1 N–H and O–H groups in total. The maximum absolute atomic E-state index is 13.2. The first-order chi connectivity index (χ1) is 15.5. The number of rotatable bonds is 5. The van der Waals surface area contributed by atoms with Gasteiger partial charge in [0.15, 0.2) is 0 Å². The minimum absolute atomic E-state index is 0.306. The number of aromatic nitrogens is 5. The average molecular weight is 469 g/mol. The van der Waals surface area contributed by atoms with Gasteiger partial charge < -0.3 is 4.74 Å². The normalized spacial score (nSPS) is 14.2. The number of halogens is 1. The van der Waals surface area contributed by atoms with Gasteiger partial charge >= 0.3 is 0 Å². The fraction of sp³-hybridized carbons (Fsp3) is 0.318. The summed E-state index contributed by atoms with van der Waals surface area (Å²) in [6.07, 6.45) is 9.92. The molecule has 8 nitrogen and oxygen atoms in total. The third kappa shape index (κ3) is 3.93. The molecule has 0 bridgehead atoms. The molecule has 1 saturated carbocycles. The topological polar surface area (TPSA) is 94.3 Å².